The standard InChI is InChI=1S/C14H24N2O4/c1-5-15(6-2)11-19-13(17)9-10-14(18)20-12-16(7-3)8-4/h5-8,11-12H2,1-4H3. The Labute approximate surface area is 121 Å². The molecule has 0 saturated heterocycles. The minimum atomic E-state index is -0.725. The molecule has 0 bridgehead atoms. The highest BCUT2D eigenvalue weighted by molar-refractivity contribution is 5.98. The van der Waals surface area contributed by atoms with Crippen molar-refractivity contribution in [3.63, 3.8) is 0 Å². The zero-order valence-corrected chi connectivity index (χ0v) is 12.8. The number of hydrogen-bond donors (Lipinski definition) is 0. The summed E-state index contributed by atoms with van der Waals surface area (Å²) in [5, 5.41) is 0. The first-order valence-electron chi connectivity index (χ1n) is 6.87. The molecule has 0 atom stereocenters. The maximum absolute atomic E-state index is 11.3. The molecule has 0 fully saturated rings. The van der Waals surface area contributed by atoms with E-state index in [-0.39, 0.29) is 13.5 Å². The predicted octanol–water partition coefficient (Wildman–Crippen LogP) is 0.675. The first-order valence-corrected chi connectivity index (χ1v) is 6.87. The Balaban J connectivity index is 4.04. The van der Waals surface area contributed by atoms with Gasteiger partial charge in [0.05, 0.1) is 0 Å². The second kappa shape index (κ2) is 11.3. The summed E-state index contributed by atoms with van der Waals surface area (Å²) < 4.78 is 9.80. The normalized spacial score (nSPS) is 10.1. The number of esters is 2. The summed E-state index contributed by atoms with van der Waals surface area (Å²) >= 11 is 0. The van der Waals surface area contributed by atoms with Crippen LogP contribution in [-0.4, -0.2) is 61.4 Å². The van der Waals surface area contributed by atoms with Gasteiger partial charge in [-0.05, 0) is 26.2 Å². The van der Waals surface area contributed by atoms with Gasteiger partial charge in [-0.3, -0.25) is 9.80 Å². The quantitative estimate of drug-likeness (QED) is 0.283. The molecule has 0 heterocycles. The lowest BCUT2D eigenvalue weighted by Crippen LogP contribution is -2.27. The zero-order chi connectivity index (χ0) is 15.4. The van der Waals surface area contributed by atoms with Crippen molar-refractivity contribution in [1.29, 1.82) is 0 Å². The average Bonchev–Trinajstić information content (AvgIpc) is 2.47. The van der Waals surface area contributed by atoms with Crippen LogP contribution in [0.2, 0.25) is 0 Å². The highest BCUT2D eigenvalue weighted by Gasteiger charge is 2.05. The highest BCUT2D eigenvalue weighted by Crippen LogP contribution is 1.89. The van der Waals surface area contributed by atoms with Crippen LogP contribution in [0.4, 0.5) is 0 Å². The van der Waals surface area contributed by atoms with Gasteiger partial charge in [0, 0.05) is 11.8 Å². The molecule has 6 heteroatoms. The third kappa shape index (κ3) is 8.51. The fourth-order valence-electron chi connectivity index (χ4n) is 1.29. The van der Waals surface area contributed by atoms with Crippen molar-refractivity contribution in [2.24, 2.45) is 0 Å². The largest absolute Gasteiger partial charge is 0.440 e. The fourth-order valence-corrected chi connectivity index (χ4v) is 1.29. The van der Waals surface area contributed by atoms with E-state index in [0.717, 1.165) is 26.2 Å². The lowest BCUT2D eigenvalue weighted by molar-refractivity contribution is -0.143. The smallest absolute Gasteiger partial charge is 0.386 e. The Bertz CT molecular complexity index is 320. The molecular formula is C14H24N2O4. The lowest BCUT2D eigenvalue weighted by atomic mass is 10.5. The van der Waals surface area contributed by atoms with Gasteiger partial charge in [0.1, 0.15) is 13.5 Å². The van der Waals surface area contributed by atoms with E-state index < -0.39 is 11.9 Å². The van der Waals surface area contributed by atoms with E-state index in [0.29, 0.717) is 0 Å². The Morgan fingerprint density at radius 1 is 0.750 bits per heavy atom. The van der Waals surface area contributed by atoms with E-state index in [9.17, 15) is 9.59 Å². The molecule has 0 aliphatic heterocycles. The second-order valence-corrected chi connectivity index (χ2v) is 3.98. The van der Waals surface area contributed by atoms with Gasteiger partial charge in [-0.25, -0.2) is 9.59 Å². The monoisotopic (exact) mass is 284 g/mol. The SMILES string of the molecule is CCN(CC)COC(=O)C#CC(=O)OCN(CC)CC. The lowest BCUT2D eigenvalue weighted by Gasteiger charge is -2.16. The number of rotatable bonds is 8. The van der Waals surface area contributed by atoms with Gasteiger partial charge in [0.25, 0.3) is 0 Å². The van der Waals surface area contributed by atoms with E-state index >= 15 is 0 Å². The molecule has 0 aromatic carbocycles. The number of carbonyl (C=O) groups excluding carboxylic acids is 2. The van der Waals surface area contributed by atoms with Crippen LogP contribution < -0.4 is 0 Å². The zero-order valence-electron chi connectivity index (χ0n) is 12.8. The molecule has 0 radical (unpaired) electrons. The first-order chi connectivity index (χ1) is 9.57. The molecular weight excluding hydrogens is 260 g/mol. The summed E-state index contributed by atoms with van der Waals surface area (Å²) in [6.45, 7) is 11.3. The van der Waals surface area contributed by atoms with Gasteiger partial charge in [-0.2, -0.15) is 0 Å². The Kier molecular flexibility index (Phi) is 10.4. The van der Waals surface area contributed by atoms with Crippen molar-refractivity contribution in [2.45, 2.75) is 27.7 Å². The van der Waals surface area contributed by atoms with Gasteiger partial charge in [-0.15, -0.1) is 0 Å². The minimum Gasteiger partial charge on any atom is -0.440 e. The minimum absolute atomic E-state index is 0.176. The molecule has 0 aliphatic rings. The van der Waals surface area contributed by atoms with Crippen LogP contribution in [0.1, 0.15) is 27.7 Å². The van der Waals surface area contributed by atoms with E-state index in [1.54, 1.807) is 0 Å². The molecule has 6 nitrogen and oxygen atoms in total. The van der Waals surface area contributed by atoms with Crippen LogP contribution in [-0.2, 0) is 19.1 Å². The van der Waals surface area contributed by atoms with Crippen molar-refractivity contribution in [3.05, 3.63) is 0 Å². The summed E-state index contributed by atoms with van der Waals surface area (Å²) in [7, 11) is 0. The van der Waals surface area contributed by atoms with Crippen LogP contribution in [0.5, 0.6) is 0 Å². The van der Waals surface area contributed by atoms with Crippen LogP contribution in [0.25, 0.3) is 0 Å². The predicted molar refractivity (Wildman–Crippen MR) is 75.5 cm³/mol. The summed E-state index contributed by atoms with van der Waals surface area (Å²) in [5.41, 5.74) is 0. The molecule has 0 aromatic heterocycles. The molecule has 114 valence electrons. The van der Waals surface area contributed by atoms with E-state index in [1.165, 1.54) is 0 Å². The van der Waals surface area contributed by atoms with Gasteiger partial charge >= 0.3 is 11.9 Å². The summed E-state index contributed by atoms with van der Waals surface area (Å²) in [5.74, 6) is 2.78. The van der Waals surface area contributed by atoms with E-state index in [1.807, 2.05) is 37.5 Å². The van der Waals surface area contributed by atoms with E-state index in [4.69, 9.17) is 9.47 Å². The van der Waals surface area contributed by atoms with Crippen molar-refractivity contribution in [2.75, 3.05) is 39.6 Å². The van der Waals surface area contributed by atoms with Gasteiger partial charge in [0.2, 0.25) is 0 Å². The molecule has 0 saturated carbocycles. The molecule has 20 heavy (non-hydrogen) atoms. The number of ether oxygens (including phenoxy) is 2. The van der Waals surface area contributed by atoms with Gasteiger partial charge in [0.15, 0.2) is 0 Å². The Morgan fingerprint density at radius 3 is 1.30 bits per heavy atom. The Morgan fingerprint density at radius 2 is 1.05 bits per heavy atom. The molecule has 0 N–H and O–H groups in total. The first kappa shape index (κ1) is 18.4. The topological polar surface area (TPSA) is 59.1 Å². The maximum atomic E-state index is 11.3. The molecule has 0 rings (SSSR count). The maximum Gasteiger partial charge on any atom is 0.386 e. The molecule has 0 amide bonds. The van der Waals surface area contributed by atoms with Crippen LogP contribution in [0.3, 0.4) is 0 Å². The van der Waals surface area contributed by atoms with Crippen LogP contribution in [0, 0.1) is 11.8 Å². The molecule has 0 aromatic rings. The Hall–Kier alpha value is -1.58. The number of hydrogen-bond acceptors (Lipinski definition) is 6. The fraction of sp³-hybridized carbons (Fsp3) is 0.714. The summed E-state index contributed by atoms with van der Waals surface area (Å²) in [6, 6.07) is 0. The number of nitrogens with zero attached hydrogens (tertiary/aromatic N) is 2. The average molecular weight is 284 g/mol. The highest BCUT2D eigenvalue weighted by atomic mass is 16.5. The summed E-state index contributed by atoms with van der Waals surface area (Å²) in [4.78, 5) is 26.4. The number of carbonyl (C=O) groups is 2. The van der Waals surface area contributed by atoms with Crippen molar-refractivity contribution >= 4 is 11.9 Å². The van der Waals surface area contributed by atoms with Crippen LogP contribution >= 0.6 is 0 Å². The summed E-state index contributed by atoms with van der Waals surface area (Å²) in [6.07, 6.45) is 0. The van der Waals surface area contributed by atoms with Gasteiger partial charge < -0.3 is 9.47 Å². The van der Waals surface area contributed by atoms with Crippen LogP contribution in [0.15, 0.2) is 0 Å². The third-order valence-corrected chi connectivity index (χ3v) is 2.81. The van der Waals surface area contributed by atoms with Crippen molar-refractivity contribution in [1.82, 2.24) is 9.80 Å². The molecule has 0 unspecified atom stereocenters. The second-order valence-electron chi connectivity index (χ2n) is 3.98. The third-order valence-electron chi connectivity index (χ3n) is 2.81. The van der Waals surface area contributed by atoms with Crippen molar-refractivity contribution in [3.8, 4) is 11.8 Å². The van der Waals surface area contributed by atoms with E-state index in [2.05, 4.69) is 11.8 Å². The van der Waals surface area contributed by atoms with Crippen molar-refractivity contribution < 1.29 is 19.1 Å². The molecule has 0 spiro atoms. The van der Waals surface area contributed by atoms with Gasteiger partial charge in [-0.1, -0.05) is 27.7 Å². The molecule has 0 aliphatic carbocycles.